The number of H-pyrrole nitrogens is 1. The van der Waals surface area contributed by atoms with Crippen LogP contribution in [0.15, 0.2) is 4.99 Å². The zero-order valence-corrected chi connectivity index (χ0v) is 51.6. The van der Waals surface area contributed by atoms with Crippen molar-refractivity contribution in [1.82, 2.24) is 95.0 Å². The number of nitrogens with two attached hydrogens (primary N) is 4. The number of nitrogen functional groups attached to an aromatic ring is 1. The molecule has 40 heteroatoms. The lowest BCUT2D eigenvalue weighted by molar-refractivity contribution is -0.137. The highest BCUT2D eigenvalue weighted by molar-refractivity contribution is 5.68. The van der Waals surface area contributed by atoms with E-state index < -0.39 is 17.9 Å². The second kappa shape index (κ2) is 40.5. The lowest BCUT2D eigenvalue weighted by Gasteiger charge is -2.11. The first-order valence-electron chi connectivity index (χ1n) is 30.5. The smallest absolute Gasteiger partial charge is 0.305 e. The Hall–Kier alpha value is -10.1. The summed E-state index contributed by atoms with van der Waals surface area (Å²) in [5, 5.41) is 62.0. The van der Waals surface area contributed by atoms with E-state index in [9.17, 15) is 24.6 Å². The van der Waals surface area contributed by atoms with Gasteiger partial charge in [0.15, 0.2) is 0 Å². The first kappa shape index (κ1) is 71.0. The van der Waals surface area contributed by atoms with E-state index in [1.165, 1.54) is 0 Å². The maximum Gasteiger partial charge on any atom is 0.305 e. The van der Waals surface area contributed by atoms with E-state index in [-0.39, 0.29) is 56.4 Å². The number of carbonyl (C=O) groups is 3. The quantitative estimate of drug-likeness (QED) is 0.0183. The highest BCUT2D eigenvalue weighted by Gasteiger charge is 2.14. The number of nitrogens with zero attached hydrogens (tertiary/aromatic N) is 18. The largest absolute Gasteiger partial charge is 0.481 e. The van der Waals surface area contributed by atoms with Gasteiger partial charge < -0.3 is 102 Å². The van der Waals surface area contributed by atoms with Gasteiger partial charge in [0.2, 0.25) is 71.0 Å². The average Bonchev–Trinajstić information content (AvgIpc) is 1.28. The van der Waals surface area contributed by atoms with Crippen LogP contribution in [0.2, 0.25) is 0 Å². The third-order valence-electron chi connectivity index (χ3n) is 12.4. The zero-order chi connectivity index (χ0) is 65.6. The van der Waals surface area contributed by atoms with Crippen molar-refractivity contribution in [3.05, 3.63) is 40.6 Å². The van der Waals surface area contributed by atoms with Crippen molar-refractivity contribution >= 4 is 83.3 Å². The zero-order valence-electron chi connectivity index (χ0n) is 51.6. The van der Waals surface area contributed by atoms with Gasteiger partial charge in [-0.1, -0.05) is 0 Å². The molecule has 0 saturated carbocycles. The number of aryl methyl sites for hydroxylation is 6. The van der Waals surface area contributed by atoms with Crippen molar-refractivity contribution < 1.29 is 29.7 Å². The van der Waals surface area contributed by atoms with Crippen molar-refractivity contribution in [3.8, 4) is 0 Å². The minimum absolute atomic E-state index is 0.0843. The maximum atomic E-state index is 11.4. The fourth-order valence-electron chi connectivity index (χ4n) is 8.14. The molecule has 23 N–H and O–H groups in total. The first-order chi connectivity index (χ1) is 44.7. The number of aromatic nitrogens is 18. The monoisotopic (exact) mass is 1280 g/mol. The number of aliphatic carboxylic acids is 3. The van der Waals surface area contributed by atoms with Gasteiger partial charge in [0.25, 0.3) is 0 Å². The molecule has 6 rings (SSSR count). The molecule has 500 valence electrons. The molecule has 0 fully saturated rings. The van der Waals surface area contributed by atoms with Crippen LogP contribution in [0.3, 0.4) is 0 Å². The van der Waals surface area contributed by atoms with Gasteiger partial charge in [-0.25, -0.2) is 4.99 Å². The van der Waals surface area contributed by atoms with E-state index in [0.717, 1.165) is 13.0 Å². The average molecular weight is 1280 g/mol. The van der Waals surface area contributed by atoms with E-state index in [2.05, 4.69) is 153 Å². The van der Waals surface area contributed by atoms with E-state index in [1.807, 2.05) is 7.05 Å². The van der Waals surface area contributed by atoms with E-state index >= 15 is 0 Å². The molecular formula is C52H86N34O6. The van der Waals surface area contributed by atoms with Crippen LogP contribution in [0.1, 0.15) is 92.7 Å². The maximum absolute atomic E-state index is 11.4. The van der Waals surface area contributed by atoms with Crippen molar-refractivity contribution in [3.63, 3.8) is 0 Å². The van der Waals surface area contributed by atoms with Crippen LogP contribution < -0.4 is 87.0 Å². The summed E-state index contributed by atoms with van der Waals surface area (Å²) in [6.07, 6.45) is 6.22. The summed E-state index contributed by atoms with van der Waals surface area (Å²) in [6.45, 7) is 5.80. The fraction of sp³-hybridized carbons (Fsp3) is 0.596. The van der Waals surface area contributed by atoms with Gasteiger partial charge in [-0.15, -0.1) is 0 Å². The number of nitrogens with one attached hydrogen (secondary N) is 12. The summed E-state index contributed by atoms with van der Waals surface area (Å²) in [6, 6.07) is 0. The van der Waals surface area contributed by atoms with E-state index in [4.69, 9.17) is 28.0 Å². The van der Waals surface area contributed by atoms with Crippen LogP contribution in [-0.2, 0) is 52.9 Å². The van der Waals surface area contributed by atoms with Crippen molar-refractivity contribution in [2.24, 2.45) is 22.2 Å². The molecule has 0 unspecified atom stereocenters. The third kappa shape index (κ3) is 28.6. The number of hydrogen-bond donors (Lipinski definition) is 19. The Morgan fingerprint density at radius 3 is 1.05 bits per heavy atom. The van der Waals surface area contributed by atoms with Crippen molar-refractivity contribution in [1.29, 1.82) is 0 Å². The summed E-state index contributed by atoms with van der Waals surface area (Å²) in [5.74, 6) is 3.72. The first-order valence-corrected chi connectivity index (χ1v) is 30.5. The standard InChI is InChI=1S/C52H86N34O6/c1-57-20-2-8-33-71-43(82-48(76-33)63-26-14-38(87)88)59-22-6-12-36-74-46(85-51(79-36)67-30-18-54)62-25-5-11-35-73-45(84-50(78-35)65-28-16-40(91)92)60-23-7-13-37-75-47(86-52(80-37)68-31-19-55)61-24-4-10-34-72-44(83-49(77-34)64-27-15-39(89)90)58-21-3-9-32-69-41(56)81-42(70-32)66-29-17-53/h57H,2-31,53-55H2,1H3,(H,87,88)(H,89,90)(H,91,92)(H3,56,66,69,70,81)(H2,58,64,72,77,83)(H2,59,63,71,76,82)(H2,60,65,73,78,84)(H2,61,68,75,80,86)(H2,62,67,74,79,85). The van der Waals surface area contributed by atoms with E-state index in [1.54, 1.807) is 0 Å². The summed E-state index contributed by atoms with van der Waals surface area (Å²) in [7, 11) is 1.87. The van der Waals surface area contributed by atoms with E-state index in [0.29, 0.717) is 231 Å². The van der Waals surface area contributed by atoms with Crippen LogP contribution in [0.5, 0.6) is 0 Å². The predicted molar refractivity (Wildman–Crippen MR) is 343 cm³/mol. The van der Waals surface area contributed by atoms with Gasteiger partial charge in [0.05, 0.1) is 19.3 Å². The molecule has 0 aliphatic heterocycles. The Labute approximate surface area is 529 Å². The molecule has 0 spiro atoms. The number of carboxylic acids is 3. The minimum Gasteiger partial charge on any atom is -0.481 e. The highest BCUT2D eigenvalue weighted by Crippen LogP contribution is 2.14. The van der Waals surface area contributed by atoms with Gasteiger partial charge in [0.1, 0.15) is 34.9 Å². The molecule has 92 heavy (non-hydrogen) atoms. The summed E-state index contributed by atoms with van der Waals surface area (Å²) in [4.78, 5) is 118. The number of aromatic amines is 1. The van der Waals surface area contributed by atoms with Crippen LogP contribution in [0, 0.1) is 0 Å². The Kier molecular flexibility index (Phi) is 31.3. The molecule has 0 bridgehead atoms. The summed E-state index contributed by atoms with van der Waals surface area (Å²) in [5.41, 5.74) is 23.2. The molecule has 0 aliphatic carbocycles. The number of carboxylic acid groups (broad SMARTS) is 3. The molecule has 6 heterocycles. The summed E-state index contributed by atoms with van der Waals surface area (Å²) >= 11 is 0. The van der Waals surface area contributed by atoms with Crippen LogP contribution in [0.25, 0.3) is 0 Å². The second-order valence-electron chi connectivity index (χ2n) is 20.1. The molecule has 6 aromatic rings. The SMILES string of the molecule is CNCCCc1nc(NCCCc2nc(NCCN)nc(NCCCc3nc(=NCCCc4nc(NCCN)nc(NCCCc5nc(NCCCc6nc(N)nc(NCCN)n6)nc(NCCC(=O)O)n5)n4)nc(NCCC(=O)O)[nH]3)n2)nc(NCCC(=O)O)n1. The van der Waals surface area contributed by atoms with Gasteiger partial charge in [-0.2, -0.15) is 84.7 Å². The minimum atomic E-state index is -0.967. The molecule has 0 atom stereocenters. The van der Waals surface area contributed by atoms with Gasteiger partial charge >= 0.3 is 17.9 Å². The van der Waals surface area contributed by atoms with Gasteiger partial charge in [-0.05, 0) is 52.1 Å². The second-order valence-corrected chi connectivity index (χ2v) is 20.1. The molecule has 0 amide bonds. The highest BCUT2D eigenvalue weighted by atomic mass is 16.4. The number of rotatable bonds is 49. The third-order valence-corrected chi connectivity index (χ3v) is 12.4. The Morgan fingerprint density at radius 1 is 0.370 bits per heavy atom. The van der Waals surface area contributed by atoms with Crippen LogP contribution >= 0.6 is 0 Å². The molecule has 0 saturated heterocycles. The molecule has 0 aromatic carbocycles. The molecule has 40 nitrogen and oxygen atoms in total. The summed E-state index contributed by atoms with van der Waals surface area (Å²) < 4.78 is 0. The Bertz CT molecular complexity index is 3290. The molecule has 0 aliphatic rings. The Balaban J connectivity index is 1.03. The molecule has 0 radical (unpaired) electrons. The lowest BCUT2D eigenvalue weighted by Crippen LogP contribution is -2.22. The molecule has 6 aromatic heterocycles. The van der Waals surface area contributed by atoms with Crippen molar-refractivity contribution in [2.75, 3.05) is 164 Å². The normalized spacial score (nSPS) is 11.2. The predicted octanol–water partition coefficient (Wildman–Crippen LogP) is -2.05. The number of hydrogen-bond acceptors (Lipinski definition) is 36. The van der Waals surface area contributed by atoms with Gasteiger partial charge in [-0.3, -0.25) is 14.4 Å². The van der Waals surface area contributed by atoms with Gasteiger partial charge in [0, 0.05) is 130 Å². The topological polar surface area (TPSA) is 596 Å². The number of anilines is 11. The van der Waals surface area contributed by atoms with Crippen LogP contribution in [-0.4, -0.2) is 228 Å². The Morgan fingerprint density at radius 2 is 0.685 bits per heavy atom. The lowest BCUT2D eigenvalue weighted by atomic mass is 10.3. The molecular weight excluding hydrogens is 1200 g/mol. The van der Waals surface area contributed by atoms with Crippen molar-refractivity contribution in [2.45, 2.75) is 96.3 Å². The fourth-order valence-corrected chi connectivity index (χ4v) is 8.14. The van der Waals surface area contributed by atoms with Crippen LogP contribution in [0.4, 0.5) is 65.4 Å².